The van der Waals surface area contributed by atoms with Gasteiger partial charge in [-0.1, -0.05) is 6.92 Å². The third kappa shape index (κ3) is 2.52. The zero-order valence-electron chi connectivity index (χ0n) is 8.58. The second-order valence-electron chi connectivity index (χ2n) is 3.26. The molecule has 0 saturated carbocycles. The Labute approximate surface area is 88.1 Å². The van der Waals surface area contributed by atoms with Gasteiger partial charge in [-0.3, -0.25) is 4.79 Å². The fraction of sp³-hybridized carbons (Fsp3) is 0.300. The number of phenolic OH excluding ortho intramolecular Hbond substituents is 1. The van der Waals surface area contributed by atoms with Gasteiger partial charge in [0.15, 0.2) is 5.75 Å². The van der Waals surface area contributed by atoms with Crippen molar-refractivity contribution < 1.29 is 9.90 Å². The summed E-state index contributed by atoms with van der Waals surface area (Å²) in [7, 11) is 0. The van der Waals surface area contributed by atoms with Gasteiger partial charge in [-0.2, -0.15) is 0 Å². The Morgan fingerprint density at radius 3 is 2.40 bits per heavy atom. The number of benzene rings is 1. The Hall–Kier alpha value is -1.91. The Kier molecular flexibility index (Phi) is 3.38. The first kappa shape index (κ1) is 11.2. The summed E-state index contributed by atoms with van der Waals surface area (Å²) in [5.41, 5.74) is 11.5. The van der Waals surface area contributed by atoms with Gasteiger partial charge < -0.3 is 21.9 Å². The molecule has 0 heterocycles. The number of anilines is 2. The Morgan fingerprint density at radius 1 is 1.40 bits per heavy atom. The van der Waals surface area contributed by atoms with Crippen LogP contribution < -0.4 is 16.8 Å². The van der Waals surface area contributed by atoms with Gasteiger partial charge in [0.05, 0.1) is 11.4 Å². The van der Waals surface area contributed by atoms with Crippen LogP contribution in [0.2, 0.25) is 0 Å². The smallest absolute Gasteiger partial charge is 0.251 e. The Balaban J connectivity index is 2.91. The van der Waals surface area contributed by atoms with E-state index in [0.717, 1.165) is 6.42 Å². The molecule has 1 aromatic rings. The van der Waals surface area contributed by atoms with Gasteiger partial charge in [-0.05, 0) is 18.6 Å². The number of carbonyl (C=O) groups excluding carboxylic acids is 1. The molecular weight excluding hydrogens is 194 g/mol. The summed E-state index contributed by atoms with van der Waals surface area (Å²) in [5.74, 6) is -0.419. The summed E-state index contributed by atoms with van der Waals surface area (Å²) in [6.45, 7) is 2.55. The number of carbonyl (C=O) groups is 1. The van der Waals surface area contributed by atoms with Gasteiger partial charge in [0.2, 0.25) is 0 Å². The minimum Gasteiger partial charge on any atom is -0.504 e. The largest absolute Gasteiger partial charge is 0.504 e. The lowest BCUT2D eigenvalue weighted by Crippen LogP contribution is -2.24. The molecular formula is C10H15N3O2. The van der Waals surface area contributed by atoms with Crippen LogP contribution in [0, 0.1) is 0 Å². The number of nitrogens with one attached hydrogen (secondary N) is 1. The highest BCUT2D eigenvalue weighted by molar-refractivity contribution is 5.97. The predicted octanol–water partition coefficient (Wildman–Crippen LogP) is 0.696. The number of aromatic hydroxyl groups is 1. The summed E-state index contributed by atoms with van der Waals surface area (Å²) >= 11 is 0. The number of nitrogens with two attached hydrogens (primary N) is 2. The lowest BCUT2D eigenvalue weighted by molar-refractivity contribution is 0.0953. The van der Waals surface area contributed by atoms with Crippen molar-refractivity contribution in [2.45, 2.75) is 13.3 Å². The average molecular weight is 209 g/mol. The quantitative estimate of drug-likeness (QED) is 0.434. The summed E-state index contributed by atoms with van der Waals surface area (Å²) < 4.78 is 0. The molecule has 0 fully saturated rings. The molecule has 0 atom stereocenters. The second-order valence-corrected chi connectivity index (χ2v) is 3.26. The molecule has 0 aliphatic carbocycles. The number of rotatable bonds is 3. The van der Waals surface area contributed by atoms with E-state index >= 15 is 0 Å². The van der Waals surface area contributed by atoms with Gasteiger partial charge in [-0.15, -0.1) is 0 Å². The van der Waals surface area contributed by atoms with Crippen molar-refractivity contribution in [1.29, 1.82) is 0 Å². The van der Waals surface area contributed by atoms with Crippen molar-refractivity contribution in [3.8, 4) is 5.75 Å². The standard InChI is InChI=1S/C10H15N3O2/c1-2-3-13-10(15)6-4-7(11)9(14)8(12)5-6/h4-5,14H,2-3,11-12H2,1H3,(H,13,15). The molecule has 5 nitrogen and oxygen atoms in total. The van der Waals surface area contributed by atoms with E-state index in [-0.39, 0.29) is 23.0 Å². The van der Waals surface area contributed by atoms with E-state index in [1.807, 2.05) is 6.92 Å². The van der Waals surface area contributed by atoms with Crippen molar-refractivity contribution in [2.75, 3.05) is 18.0 Å². The molecule has 0 unspecified atom stereocenters. The van der Waals surface area contributed by atoms with Crippen LogP contribution in [0.15, 0.2) is 12.1 Å². The maximum atomic E-state index is 11.5. The van der Waals surface area contributed by atoms with E-state index in [9.17, 15) is 9.90 Å². The summed E-state index contributed by atoms with van der Waals surface area (Å²) in [6, 6.07) is 2.80. The number of phenols is 1. The van der Waals surface area contributed by atoms with Crippen LogP contribution in [0.3, 0.4) is 0 Å². The van der Waals surface area contributed by atoms with Crippen molar-refractivity contribution in [1.82, 2.24) is 5.32 Å². The van der Waals surface area contributed by atoms with Crippen LogP contribution in [0.1, 0.15) is 23.7 Å². The van der Waals surface area contributed by atoms with Crippen LogP contribution >= 0.6 is 0 Å². The number of hydrogen-bond donors (Lipinski definition) is 4. The van der Waals surface area contributed by atoms with Gasteiger partial charge in [0.1, 0.15) is 0 Å². The molecule has 0 aliphatic heterocycles. The van der Waals surface area contributed by atoms with Gasteiger partial charge in [-0.25, -0.2) is 0 Å². The first-order valence-corrected chi connectivity index (χ1v) is 4.72. The summed E-state index contributed by atoms with van der Waals surface area (Å²) in [5, 5.41) is 12.0. The van der Waals surface area contributed by atoms with Crippen LogP contribution in [-0.2, 0) is 0 Å². The highest BCUT2D eigenvalue weighted by Gasteiger charge is 2.10. The zero-order chi connectivity index (χ0) is 11.4. The van der Waals surface area contributed by atoms with Crippen LogP contribution in [0.5, 0.6) is 5.75 Å². The van der Waals surface area contributed by atoms with E-state index in [1.54, 1.807) is 0 Å². The molecule has 0 spiro atoms. The Morgan fingerprint density at radius 2 is 1.93 bits per heavy atom. The maximum absolute atomic E-state index is 11.5. The van der Waals surface area contributed by atoms with Gasteiger partial charge in [0.25, 0.3) is 5.91 Å². The molecule has 1 amide bonds. The minimum atomic E-state index is -0.241. The highest BCUT2D eigenvalue weighted by Crippen LogP contribution is 2.28. The van der Waals surface area contributed by atoms with E-state index in [4.69, 9.17) is 11.5 Å². The van der Waals surface area contributed by atoms with E-state index < -0.39 is 0 Å². The molecule has 0 saturated heterocycles. The minimum absolute atomic E-state index is 0.108. The average Bonchev–Trinajstić information content (AvgIpc) is 2.21. The van der Waals surface area contributed by atoms with E-state index in [0.29, 0.717) is 12.1 Å². The van der Waals surface area contributed by atoms with E-state index in [2.05, 4.69) is 5.32 Å². The number of amides is 1. The SMILES string of the molecule is CCCNC(=O)c1cc(N)c(O)c(N)c1. The first-order chi connectivity index (χ1) is 7.06. The lowest BCUT2D eigenvalue weighted by atomic mass is 10.1. The third-order valence-electron chi connectivity index (χ3n) is 1.97. The fourth-order valence-corrected chi connectivity index (χ4v) is 1.15. The molecule has 1 rings (SSSR count). The molecule has 15 heavy (non-hydrogen) atoms. The molecule has 1 aromatic carbocycles. The van der Waals surface area contributed by atoms with E-state index in [1.165, 1.54) is 12.1 Å². The van der Waals surface area contributed by atoms with Crippen LogP contribution in [0.4, 0.5) is 11.4 Å². The molecule has 0 radical (unpaired) electrons. The summed E-state index contributed by atoms with van der Waals surface area (Å²) in [4.78, 5) is 11.5. The first-order valence-electron chi connectivity index (χ1n) is 4.72. The molecule has 82 valence electrons. The predicted molar refractivity (Wildman–Crippen MR) is 59.6 cm³/mol. The third-order valence-corrected chi connectivity index (χ3v) is 1.97. The highest BCUT2D eigenvalue weighted by atomic mass is 16.3. The number of hydrogen-bond acceptors (Lipinski definition) is 4. The van der Waals surface area contributed by atoms with Gasteiger partial charge >= 0.3 is 0 Å². The molecule has 0 bridgehead atoms. The lowest BCUT2D eigenvalue weighted by Gasteiger charge is -2.07. The van der Waals surface area contributed by atoms with Crippen molar-refractivity contribution in [3.63, 3.8) is 0 Å². The summed E-state index contributed by atoms with van der Waals surface area (Å²) in [6.07, 6.45) is 0.856. The molecule has 5 heteroatoms. The fourth-order valence-electron chi connectivity index (χ4n) is 1.15. The molecule has 6 N–H and O–H groups in total. The monoisotopic (exact) mass is 209 g/mol. The normalized spacial score (nSPS) is 9.93. The van der Waals surface area contributed by atoms with Crippen molar-refractivity contribution in [3.05, 3.63) is 17.7 Å². The van der Waals surface area contributed by atoms with Gasteiger partial charge in [0, 0.05) is 12.1 Å². The topological polar surface area (TPSA) is 101 Å². The van der Waals surface area contributed by atoms with Crippen molar-refractivity contribution in [2.24, 2.45) is 0 Å². The Bertz CT molecular complexity index is 354. The second kappa shape index (κ2) is 4.54. The zero-order valence-corrected chi connectivity index (χ0v) is 8.58. The van der Waals surface area contributed by atoms with Crippen LogP contribution in [0.25, 0.3) is 0 Å². The maximum Gasteiger partial charge on any atom is 0.251 e. The molecule has 0 aliphatic rings. The number of nitrogen functional groups attached to an aromatic ring is 2. The van der Waals surface area contributed by atoms with Crippen LogP contribution in [-0.4, -0.2) is 17.6 Å². The van der Waals surface area contributed by atoms with Crippen molar-refractivity contribution >= 4 is 17.3 Å². The molecule has 0 aromatic heterocycles.